The molecule has 14 heavy (non-hydrogen) atoms. The summed E-state index contributed by atoms with van der Waals surface area (Å²) >= 11 is 11.7. The third-order valence-corrected chi connectivity index (χ3v) is 2.92. The summed E-state index contributed by atoms with van der Waals surface area (Å²) in [5, 5.41) is 3.16. The standard InChI is InChI=1S/C11H15Cl2N/c1-9(11(13)14-8-7-12)10-5-3-2-4-6-10/h2-6,9,11,14H,7-8H2,1H3. The van der Waals surface area contributed by atoms with E-state index >= 15 is 0 Å². The van der Waals surface area contributed by atoms with Crippen LogP contribution in [-0.2, 0) is 0 Å². The first-order valence-electron chi connectivity index (χ1n) is 4.74. The number of halogens is 2. The summed E-state index contributed by atoms with van der Waals surface area (Å²) < 4.78 is 0. The lowest BCUT2D eigenvalue weighted by Gasteiger charge is -2.19. The van der Waals surface area contributed by atoms with Crippen molar-refractivity contribution in [1.82, 2.24) is 5.32 Å². The van der Waals surface area contributed by atoms with Gasteiger partial charge >= 0.3 is 0 Å². The SMILES string of the molecule is CC(c1ccccc1)C(Cl)NCCCl. The van der Waals surface area contributed by atoms with Crippen LogP contribution in [0.25, 0.3) is 0 Å². The topological polar surface area (TPSA) is 12.0 Å². The molecule has 0 aromatic heterocycles. The van der Waals surface area contributed by atoms with Crippen molar-refractivity contribution in [3.63, 3.8) is 0 Å². The Hall–Kier alpha value is -0.240. The predicted octanol–water partition coefficient (Wildman–Crippen LogP) is 3.18. The van der Waals surface area contributed by atoms with Crippen molar-refractivity contribution < 1.29 is 0 Å². The minimum atomic E-state index is -0.0591. The van der Waals surface area contributed by atoms with Crippen LogP contribution in [0.5, 0.6) is 0 Å². The minimum Gasteiger partial charge on any atom is -0.300 e. The van der Waals surface area contributed by atoms with Crippen LogP contribution in [0.15, 0.2) is 30.3 Å². The molecular weight excluding hydrogens is 217 g/mol. The summed E-state index contributed by atoms with van der Waals surface area (Å²) in [7, 11) is 0. The molecule has 0 spiro atoms. The third-order valence-electron chi connectivity index (χ3n) is 2.20. The van der Waals surface area contributed by atoms with Crippen molar-refractivity contribution in [2.75, 3.05) is 12.4 Å². The lowest BCUT2D eigenvalue weighted by atomic mass is 10.0. The quantitative estimate of drug-likeness (QED) is 0.607. The van der Waals surface area contributed by atoms with Crippen LogP contribution in [0.1, 0.15) is 18.4 Å². The monoisotopic (exact) mass is 231 g/mol. The van der Waals surface area contributed by atoms with E-state index in [9.17, 15) is 0 Å². The highest BCUT2D eigenvalue weighted by molar-refractivity contribution is 6.21. The second-order valence-corrected chi connectivity index (χ2v) is 4.09. The summed E-state index contributed by atoms with van der Waals surface area (Å²) in [5.74, 6) is 0.881. The molecule has 0 fully saturated rings. The largest absolute Gasteiger partial charge is 0.300 e. The van der Waals surface area contributed by atoms with Crippen molar-refractivity contribution >= 4 is 23.2 Å². The maximum Gasteiger partial charge on any atom is 0.0892 e. The lowest BCUT2D eigenvalue weighted by Crippen LogP contribution is -2.30. The molecule has 0 radical (unpaired) electrons. The van der Waals surface area contributed by atoms with Crippen molar-refractivity contribution in [2.24, 2.45) is 0 Å². The van der Waals surface area contributed by atoms with Crippen LogP contribution in [0.2, 0.25) is 0 Å². The van der Waals surface area contributed by atoms with Gasteiger partial charge in [0.15, 0.2) is 0 Å². The zero-order valence-electron chi connectivity index (χ0n) is 8.21. The first kappa shape index (κ1) is 11.8. The predicted molar refractivity (Wildman–Crippen MR) is 63.2 cm³/mol. The molecule has 0 aliphatic heterocycles. The third kappa shape index (κ3) is 3.49. The normalized spacial score (nSPS) is 15.1. The fourth-order valence-electron chi connectivity index (χ4n) is 1.29. The Morgan fingerprint density at radius 2 is 1.93 bits per heavy atom. The molecule has 0 heterocycles. The summed E-state index contributed by atoms with van der Waals surface area (Å²) in [5.41, 5.74) is 1.19. The molecule has 0 saturated carbocycles. The molecule has 0 amide bonds. The average Bonchev–Trinajstić information content (AvgIpc) is 2.26. The summed E-state index contributed by atoms with van der Waals surface area (Å²) in [6, 6.07) is 10.2. The number of nitrogens with one attached hydrogen (secondary N) is 1. The summed E-state index contributed by atoms with van der Waals surface area (Å²) in [6.45, 7) is 2.85. The lowest BCUT2D eigenvalue weighted by molar-refractivity contribution is 0.585. The van der Waals surface area contributed by atoms with E-state index in [0.717, 1.165) is 6.54 Å². The molecule has 1 rings (SSSR count). The molecule has 1 aromatic carbocycles. The highest BCUT2D eigenvalue weighted by Gasteiger charge is 2.14. The highest BCUT2D eigenvalue weighted by Crippen LogP contribution is 2.20. The van der Waals surface area contributed by atoms with Crippen LogP contribution >= 0.6 is 23.2 Å². The van der Waals surface area contributed by atoms with Gasteiger partial charge in [-0.1, -0.05) is 37.3 Å². The van der Waals surface area contributed by atoms with Crippen molar-refractivity contribution in [2.45, 2.75) is 18.3 Å². The second kappa shape index (κ2) is 6.28. The smallest absolute Gasteiger partial charge is 0.0892 e. The van der Waals surface area contributed by atoms with E-state index in [-0.39, 0.29) is 5.50 Å². The zero-order valence-corrected chi connectivity index (χ0v) is 9.72. The van der Waals surface area contributed by atoms with E-state index in [0.29, 0.717) is 11.8 Å². The van der Waals surface area contributed by atoms with Gasteiger partial charge in [0.05, 0.1) is 5.50 Å². The van der Waals surface area contributed by atoms with Gasteiger partial charge in [0, 0.05) is 18.3 Å². The maximum absolute atomic E-state index is 6.17. The molecule has 1 nitrogen and oxygen atoms in total. The number of alkyl halides is 2. The van der Waals surface area contributed by atoms with E-state index in [2.05, 4.69) is 24.4 Å². The second-order valence-electron chi connectivity index (χ2n) is 3.24. The Kier molecular flexibility index (Phi) is 5.31. The van der Waals surface area contributed by atoms with Crippen LogP contribution in [-0.4, -0.2) is 17.9 Å². The van der Waals surface area contributed by atoms with Crippen molar-refractivity contribution in [1.29, 1.82) is 0 Å². The Bertz CT molecular complexity index is 251. The highest BCUT2D eigenvalue weighted by atomic mass is 35.5. The van der Waals surface area contributed by atoms with Crippen LogP contribution in [0.3, 0.4) is 0 Å². The van der Waals surface area contributed by atoms with Gasteiger partial charge in [0.25, 0.3) is 0 Å². The molecule has 1 aromatic rings. The fraction of sp³-hybridized carbons (Fsp3) is 0.455. The van der Waals surface area contributed by atoms with E-state index in [1.54, 1.807) is 0 Å². The molecule has 2 atom stereocenters. The first-order valence-corrected chi connectivity index (χ1v) is 5.71. The van der Waals surface area contributed by atoms with Gasteiger partial charge in [0.2, 0.25) is 0 Å². The molecule has 0 aliphatic carbocycles. The summed E-state index contributed by atoms with van der Waals surface area (Å²) in [6.07, 6.45) is 0. The van der Waals surface area contributed by atoms with Crippen molar-refractivity contribution in [3.05, 3.63) is 35.9 Å². The van der Waals surface area contributed by atoms with Gasteiger partial charge in [-0.2, -0.15) is 0 Å². The Labute approximate surface area is 95.4 Å². The zero-order chi connectivity index (χ0) is 10.4. The van der Waals surface area contributed by atoms with E-state index in [1.807, 2.05) is 18.2 Å². The Morgan fingerprint density at radius 3 is 2.50 bits per heavy atom. The molecule has 0 aliphatic rings. The summed E-state index contributed by atoms with van der Waals surface area (Å²) in [4.78, 5) is 0. The van der Waals surface area contributed by atoms with Crippen molar-refractivity contribution in [3.8, 4) is 0 Å². The van der Waals surface area contributed by atoms with Crippen LogP contribution in [0.4, 0.5) is 0 Å². The molecule has 0 saturated heterocycles. The minimum absolute atomic E-state index is 0.0591. The number of hydrogen-bond acceptors (Lipinski definition) is 1. The van der Waals surface area contributed by atoms with Crippen LogP contribution in [0, 0.1) is 0 Å². The molecule has 3 heteroatoms. The maximum atomic E-state index is 6.17. The molecule has 2 unspecified atom stereocenters. The van der Waals surface area contributed by atoms with Gasteiger partial charge in [-0.05, 0) is 5.56 Å². The molecule has 0 bridgehead atoms. The van der Waals surface area contributed by atoms with Gasteiger partial charge in [0.1, 0.15) is 0 Å². The first-order chi connectivity index (χ1) is 6.75. The average molecular weight is 232 g/mol. The van der Waals surface area contributed by atoms with E-state index in [4.69, 9.17) is 23.2 Å². The Morgan fingerprint density at radius 1 is 1.29 bits per heavy atom. The molecular formula is C11H15Cl2N. The van der Waals surface area contributed by atoms with E-state index in [1.165, 1.54) is 5.56 Å². The fourth-order valence-corrected chi connectivity index (χ4v) is 1.66. The molecule has 78 valence electrons. The number of rotatable bonds is 5. The van der Waals surface area contributed by atoms with Gasteiger partial charge in [-0.25, -0.2) is 0 Å². The van der Waals surface area contributed by atoms with Gasteiger partial charge < -0.3 is 0 Å². The van der Waals surface area contributed by atoms with E-state index < -0.39 is 0 Å². The Balaban J connectivity index is 2.52. The van der Waals surface area contributed by atoms with Gasteiger partial charge in [-0.15, -0.1) is 23.2 Å². The molecule has 1 N–H and O–H groups in total. The number of benzene rings is 1. The van der Waals surface area contributed by atoms with Crippen LogP contribution < -0.4 is 5.32 Å². The van der Waals surface area contributed by atoms with Gasteiger partial charge in [-0.3, -0.25) is 5.32 Å². The number of hydrogen-bond donors (Lipinski definition) is 1.